The Morgan fingerprint density at radius 3 is 2.09 bits per heavy atom. The molecule has 1 amide bonds. The van der Waals surface area contributed by atoms with E-state index in [2.05, 4.69) is 0 Å². The summed E-state index contributed by atoms with van der Waals surface area (Å²) in [4.78, 5) is 14.6. The molecule has 0 spiro atoms. The molecule has 1 atom stereocenters. The first kappa shape index (κ1) is 31.9. The summed E-state index contributed by atoms with van der Waals surface area (Å²) >= 11 is 0. The zero-order chi connectivity index (χ0) is 31.2. The molecule has 2 fully saturated rings. The van der Waals surface area contributed by atoms with Gasteiger partial charge in [0, 0.05) is 24.7 Å². The standard InChI is InChI=1S/C33H39F2N3O5S/c34-33(35,25-11-13-29(14-12-25)43-28-9-5-2-6-10-28)31(32(39)38-21-19-26(36)20-22-38)37-44(40,41)30-17-15-27(16-18-30)42-23-24-7-3-1-4-8-24/h2,5-6,9-18,24,26,31,37H,1,3-4,7-8,19-23,36H2/t31-/m1/s1. The number of benzene rings is 3. The van der Waals surface area contributed by atoms with Gasteiger partial charge in [-0.15, -0.1) is 0 Å². The number of sulfonamides is 1. The molecule has 0 radical (unpaired) electrons. The Balaban J connectivity index is 1.35. The monoisotopic (exact) mass is 627 g/mol. The molecule has 8 nitrogen and oxygen atoms in total. The van der Waals surface area contributed by atoms with Crippen LogP contribution in [0.5, 0.6) is 17.2 Å². The van der Waals surface area contributed by atoms with Crippen molar-refractivity contribution >= 4 is 15.9 Å². The van der Waals surface area contributed by atoms with Crippen molar-refractivity contribution in [2.75, 3.05) is 19.7 Å². The SMILES string of the molecule is NC1CCN(C(=O)[C@@H](NS(=O)(=O)c2ccc(OCC3CCCCC3)cc2)C(F)(F)c2ccc(Oc3ccccc3)cc2)CC1. The van der Waals surface area contributed by atoms with Gasteiger partial charge < -0.3 is 20.1 Å². The van der Waals surface area contributed by atoms with Crippen LogP contribution in [0.25, 0.3) is 0 Å². The van der Waals surface area contributed by atoms with Gasteiger partial charge in [-0.1, -0.05) is 37.5 Å². The lowest BCUT2D eigenvalue weighted by Crippen LogP contribution is -2.57. The predicted octanol–water partition coefficient (Wildman–Crippen LogP) is 5.83. The van der Waals surface area contributed by atoms with Crippen LogP contribution in [0, 0.1) is 5.92 Å². The molecule has 0 bridgehead atoms. The van der Waals surface area contributed by atoms with Crippen molar-refractivity contribution in [1.29, 1.82) is 0 Å². The summed E-state index contributed by atoms with van der Waals surface area (Å²) in [6.07, 6.45) is 6.67. The summed E-state index contributed by atoms with van der Waals surface area (Å²) in [6.45, 7) is 0.859. The Kier molecular flexibility index (Phi) is 10.2. The van der Waals surface area contributed by atoms with E-state index in [0.717, 1.165) is 25.0 Å². The first-order valence-electron chi connectivity index (χ1n) is 15.1. The van der Waals surface area contributed by atoms with Gasteiger partial charge in [0.1, 0.15) is 17.2 Å². The number of carbonyl (C=O) groups is 1. The molecule has 1 aliphatic heterocycles. The molecule has 1 saturated carbocycles. The van der Waals surface area contributed by atoms with Crippen LogP contribution in [0.2, 0.25) is 0 Å². The number of nitrogens with zero attached hydrogens (tertiary/aromatic N) is 1. The Hall–Kier alpha value is -3.54. The number of halogens is 2. The maximum atomic E-state index is 16.2. The summed E-state index contributed by atoms with van der Waals surface area (Å²) in [5, 5.41) is 0. The lowest BCUT2D eigenvalue weighted by molar-refractivity contribution is -0.145. The van der Waals surface area contributed by atoms with Gasteiger partial charge >= 0.3 is 0 Å². The highest BCUT2D eigenvalue weighted by atomic mass is 32.2. The highest BCUT2D eigenvalue weighted by Gasteiger charge is 2.50. The van der Waals surface area contributed by atoms with Crippen molar-refractivity contribution in [2.24, 2.45) is 11.7 Å². The molecule has 0 unspecified atom stereocenters. The van der Waals surface area contributed by atoms with Gasteiger partial charge in [0.2, 0.25) is 15.9 Å². The average Bonchev–Trinajstić information content (AvgIpc) is 3.04. The fraction of sp³-hybridized carbons (Fsp3) is 0.424. The van der Waals surface area contributed by atoms with Crippen LogP contribution in [0.1, 0.15) is 50.5 Å². The van der Waals surface area contributed by atoms with E-state index in [9.17, 15) is 13.2 Å². The highest BCUT2D eigenvalue weighted by molar-refractivity contribution is 7.89. The van der Waals surface area contributed by atoms with Crippen molar-refractivity contribution < 1.29 is 31.5 Å². The molecular weight excluding hydrogens is 588 g/mol. The van der Waals surface area contributed by atoms with E-state index in [1.54, 1.807) is 24.3 Å². The van der Waals surface area contributed by atoms with Crippen molar-refractivity contribution in [3.05, 3.63) is 84.4 Å². The number of hydrogen-bond acceptors (Lipinski definition) is 6. The lowest BCUT2D eigenvalue weighted by atomic mass is 9.90. The van der Waals surface area contributed by atoms with E-state index in [1.807, 2.05) is 10.8 Å². The smallest absolute Gasteiger partial charge is 0.298 e. The number of para-hydroxylation sites is 1. The normalized spacial score (nSPS) is 17.7. The molecule has 3 N–H and O–H groups in total. The van der Waals surface area contributed by atoms with Crippen LogP contribution < -0.4 is 19.9 Å². The number of rotatable bonds is 11. The molecule has 0 aromatic heterocycles. The fourth-order valence-corrected chi connectivity index (χ4v) is 6.81. The van der Waals surface area contributed by atoms with E-state index < -0.39 is 33.5 Å². The van der Waals surface area contributed by atoms with Gasteiger partial charge in [-0.25, -0.2) is 8.42 Å². The van der Waals surface area contributed by atoms with Gasteiger partial charge in [0.15, 0.2) is 6.04 Å². The van der Waals surface area contributed by atoms with Crippen LogP contribution in [-0.2, 0) is 20.7 Å². The topological polar surface area (TPSA) is 111 Å². The summed E-state index contributed by atoms with van der Waals surface area (Å²) in [7, 11) is -4.53. The first-order chi connectivity index (χ1) is 21.1. The molecule has 3 aromatic carbocycles. The molecule has 44 heavy (non-hydrogen) atoms. The highest BCUT2D eigenvalue weighted by Crippen LogP contribution is 2.36. The van der Waals surface area contributed by atoms with Crippen LogP contribution in [-0.4, -0.2) is 51.0 Å². The minimum atomic E-state index is -4.53. The quantitative estimate of drug-likeness (QED) is 0.277. The number of piperidine rings is 1. The van der Waals surface area contributed by atoms with Crippen LogP contribution in [0.3, 0.4) is 0 Å². The summed E-state index contributed by atoms with van der Waals surface area (Å²) in [5.41, 5.74) is 5.42. The predicted molar refractivity (Wildman–Crippen MR) is 163 cm³/mol. The zero-order valence-corrected chi connectivity index (χ0v) is 25.4. The Morgan fingerprint density at radius 2 is 1.45 bits per heavy atom. The average molecular weight is 628 g/mol. The Bertz CT molecular complexity index is 1470. The molecule has 5 rings (SSSR count). The maximum absolute atomic E-state index is 16.2. The van der Waals surface area contributed by atoms with Crippen molar-refractivity contribution in [1.82, 2.24) is 9.62 Å². The molecule has 1 aliphatic carbocycles. The van der Waals surface area contributed by atoms with Gasteiger partial charge in [0.25, 0.3) is 5.92 Å². The number of hydrogen-bond donors (Lipinski definition) is 2. The molecule has 1 heterocycles. The van der Waals surface area contributed by atoms with Gasteiger partial charge in [-0.05, 0) is 92.3 Å². The number of carbonyl (C=O) groups excluding carboxylic acids is 1. The number of alkyl halides is 2. The van der Waals surface area contributed by atoms with E-state index in [0.29, 0.717) is 42.6 Å². The maximum Gasteiger partial charge on any atom is 0.298 e. The molecule has 11 heteroatoms. The van der Waals surface area contributed by atoms with E-state index in [4.69, 9.17) is 15.2 Å². The number of amides is 1. The third kappa shape index (κ3) is 7.94. The van der Waals surface area contributed by atoms with Crippen LogP contribution >= 0.6 is 0 Å². The second-order valence-electron chi connectivity index (χ2n) is 11.6. The van der Waals surface area contributed by atoms with Crippen LogP contribution in [0.15, 0.2) is 83.8 Å². The summed E-state index contributed by atoms with van der Waals surface area (Å²) in [5.74, 6) is -3.10. The van der Waals surface area contributed by atoms with Crippen molar-refractivity contribution in [2.45, 2.75) is 67.8 Å². The van der Waals surface area contributed by atoms with E-state index in [1.165, 1.54) is 60.6 Å². The minimum Gasteiger partial charge on any atom is -0.493 e. The van der Waals surface area contributed by atoms with E-state index in [-0.39, 0.29) is 24.0 Å². The fourth-order valence-electron chi connectivity index (χ4n) is 5.62. The van der Waals surface area contributed by atoms with Gasteiger partial charge in [0.05, 0.1) is 11.5 Å². The number of nitrogens with two attached hydrogens (primary N) is 1. The Labute approximate surface area is 257 Å². The zero-order valence-electron chi connectivity index (χ0n) is 24.5. The second-order valence-corrected chi connectivity index (χ2v) is 13.3. The molecular formula is C33H39F2N3O5S. The second kappa shape index (κ2) is 14.0. The van der Waals surface area contributed by atoms with Crippen molar-refractivity contribution in [3.63, 3.8) is 0 Å². The number of likely N-dealkylation sites (tertiary alicyclic amines) is 1. The third-order valence-corrected chi connectivity index (χ3v) is 9.74. The first-order valence-corrected chi connectivity index (χ1v) is 16.6. The van der Waals surface area contributed by atoms with Crippen molar-refractivity contribution in [3.8, 4) is 17.2 Å². The number of nitrogens with one attached hydrogen (secondary N) is 1. The molecule has 1 saturated heterocycles. The molecule has 236 valence electrons. The largest absolute Gasteiger partial charge is 0.493 e. The third-order valence-electron chi connectivity index (χ3n) is 8.30. The summed E-state index contributed by atoms with van der Waals surface area (Å²) < 4.78 is 72.9. The minimum absolute atomic E-state index is 0.147. The molecule has 3 aromatic rings. The van der Waals surface area contributed by atoms with E-state index >= 15 is 8.78 Å². The lowest BCUT2D eigenvalue weighted by Gasteiger charge is -2.35. The van der Waals surface area contributed by atoms with Gasteiger partial charge in [-0.3, -0.25) is 4.79 Å². The number of ether oxygens (including phenoxy) is 2. The summed E-state index contributed by atoms with van der Waals surface area (Å²) in [6, 6.07) is 16.9. The Morgan fingerprint density at radius 1 is 0.864 bits per heavy atom. The molecule has 2 aliphatic rings. The van der Waals surface area contributed by atoms with Crippen LogP contribution in [0.4, 0.5) is 8.78 Å². The van der Waals surface area contributed by atoms with Gasteiger partial charge in [-0.2, -0.15) is 13.5 Å².